The van der Waals surface area contributed by atoms with Gasteiger partial charge in [0.15, 0.2) is 0 Å². The van der Waals surface area contributed by atoms with E-state index in [1.54, 1.807) is 14.2 Å². The second-order valence-electron chi connectivity index (χ2n) is 4.15. The molecule has 4 heteroatoms. The van der Waals surface area contributed by atoms with Crippen LogP contribution < -0.4 is 4.90 Å². The molecule has 1 aromatic carbocycles. The van der Waals surface area contributed by atoms with Crippen LogP contribution in [-0.2, 0) is 16.1 Å². The van der Waals surface area contributed by atoms with Gasteiger partial charge in [0.25, 0.3) is 0 Å². The molecule has 1 aromatic rings. The summed E-state index contributed by atoms with van der Waals surface area (Å²) in [6, 6.07) is 7.97. The van der Waals surface area contributed by atoms with Crippen molar-refractivity contribution >= 4 is 5.69 Å². The maximum Gasteiger partial charge on any atom is 0.0681 e. The monoisotopic (exact) mass is 253 g/mol. The minimum Gasteiger partial charge on any atom is -0.392 e. The maximum atomic E-state index is 9.03. The number of hydrogen-bond acceptors (Lipinski definition) is 4. The first-order valence-corrected chi connectivity index (χ1v) is 6.24. The van der Waals surface area contributed by atoms with E-state index in [9.17, 15) is 0 Å². The fraction of sp³-hybridized carbons (Fsp3) is 0.571. The summed E-state index contributed by atoms with van der Waals surface area (Å²) in [7, 11) is 3.43. The standard InChI is InChI=1S/C14H23NO3/c1-17-10-3-8-15(9-11-18-2)14-6-4-13(12-16)5-7-14/h4-7,16H,3,8-12H2,1-2H3. The molecule has 0 amide bonds. The fourth-order valence-electron chi connectivity index (χ4n) is 1.78. The highest BCUT2D eigenvalue weighted by Crippen LogP contribution is 2.15. The quantitative estimate of drug-likeness (QED) is 0.680. The maximum absolute atomic E-state index is 9.03. The van der Waals surface area contributed by atoms with Crippen molar-refractivity contribution in [2.45, 2.75) is 13.0 Å². The van der Waals surface area contributed by atoms with Crippen molar-refractivity contribution in [2.75, 3.05) is 45.4 Å². The predicted molar refractivity (Wildman–Crippen MR) is 72.9 cm³/mol. The van der Waals surface area contributed by atoms with Gasteiger partial charge in [-0.05, 0) is 24.1 Å². The summed E-state index contributed by atoms with van der Waals surface area (Å²) in [5, 5.41) is 9.03. The van der Waals surface area contributed by atoms with Crippen LogP contribution in [-0.4, -0.2) is 45.6 Å². The van der Waals surface area contributed by atoms with Gasteiger partial charge in [-0.2, -0.15) is 0 Å². The van der Waals surface area contributed by atoms with Crippen molar-refractivity contribution in [1.82, 2.24) is 0 Å². The molecule has 4 nitrogen and oxygen atoms in total. The largest absolute Gasteiger partial charge is 0.392 e. The summed E-state index contributed by atoms with van der Waals surface area (Å²) in [6.45, 7) is 3.35. The number of anilines is 1. The molecule has 18 heavy (non-hydrogen) atoms. The van der Waals surface area contributed by atoms with E-state index in [1.807, 2.05) is 24.3 Å². The molecule has 0 radical (unpaired) electrons. The molecule has 0 unspecified atom stereocenters. The number of ether oxygens (including phenoxy) is 2. The van der Waals surface area contributed by atoms with Crippen LogP contribution in [0.1, 0.15) is 12.0 Å². The molecule has 1 rings (SSSR count). The summed E-state index contributed by atoms with van der Waals surface area (Å²) in [5.74, 6) is 0. The number of nitrogens with zero attached hydrogens (tertiary/aromatic N) is 1. The minimum atomic E-state index is 0.0853. The predicted octanol–water partition coefficient (Wildman–Crippen LogP) is 1.67. The Morgan fingerprint density at radius 3 is 2.22 bits per heavy atom. The van der Waals surface area contributed by atoms with Gasteiger partial charge in [0.2, 0.25) is 0 Å². The molecule has 0 aliphatic carbocycles. The molecule has 0 fully saturated rings. The highest BCUT2D eigenvalue weighted by Gasteiger charge is 2.06. The molecule has 1 N–H and O–H groups in total. The van der Waals surface area contributed by atoms with Crippen LogP contribution in [0.25, 0.3) is 0 Å². The lowest BCUT2D eigenvalue weighted by Crippen LogP contribution is -2.28. The Bertz CT molecular complexity index is 313. The van der Waals surface area contributed by atoms with Crippen LogP contribution in [0.5, 0.6) is 0 Å². The summed E-state index contributed by atoms with van der Waals surface area (Å²) >= 11 is 0. The summed E-state index contributed by atoms with van der Waals surface area (Å²) < 4.78 is 10.2. The molecular formula is C14H23NO3. The molecule has 0 bridgehead atoms. The average Bonchev–Trinajstić information content (AvgIpc) is 2.43. The molecule has 0 aliphatic heterocycles. The van der Waals surface area contributed by atoms with Crippen LogP contribution >= 0.6 is 0 Å². The molecule has 0 saturated heterocycles. The SMILES string of the molecule is COCCCN(CCOC)c1ccc(CO)cc1. The Balaban J connectivity index is 2.60. The molecule has 0 aromatic heterocycles. The Hall–Kier alpha value is -1.10. The molecule has 0 atom stereocenters. The molecular weight excluding hydrogens is 230 g/mol. The first kappa shape index (κ1) is 15.0. The second kappa shape index (κ2) is 8.91. The van der Waals surface area contributed by atoms with E-state index in [0.29, 0.717) is 6.61 Å². The summed E-state index contributed by atoms with van der Waals surface area (Å²) in [5.41, 5.74) is 2.09. The van der Waals surface area contributed by atoms with Crippen molar-refractivity contribution in [3.05, 3.63) is 29.8 Å². The van der Waals surface area contributed by atoms with E-state index in [2.05, 4.69) is 4.90 Å². The minimum absolute atomic E-state index is 0.0853. The van der Waals surface area contributed by atoms with Crippen molar-refractivity contribution in [1.29, 1.82) is 0 Å². The molecule has 0 saturated carbocycles. The molecule has 102 valence electrons. The number of hydrogen-bond donors (Lipinski definition) is 1. The Morgan fingerprint density at radius 2 is 1.67 bits per heavy atom. The van der Waals surface area contributed by atoms with Crippen LogP contribution in [0.4, 0.5) is 5.69 Å². The number of methoxy groups -OCH3 is 2. The van der Waals surface area contributed by atoms with E-state index >= 15 is 0 Å². The lowest BCUT2D eigenvalue weighted by Gasteiger charge is -2.24. The van der Waals surface area contributed by atoms with Crippen molar-refractivity contribution in [3.8, 4) is 0 Å². The normalized spacial score (nSPS) is 10.6. The molecule has 0 spiro atoms. The zero-order chi connectivity index (χ0) is 13.2. The Kier molecular flexibility index (Phi) is 7.41. The van der Waals surface area contributed by atoms with Crippen molar-refractivity contribution in [3.63, 3.8) is 0 Å². The molecule has 0 aliphatic rings. The fourth-order valence-corrected chi connectivity index (χ4v) is 1.78. The molecule has 0 heterocycles. The van der Waals surface area contributed by atoms with E-state index in [-0.39, 0.29) is 6.61 Å². The lowest BCUT2D eigenvalue weighted by molar-refractivity contribution is 0.191. The number of benzene rings is 1. The lowest BCUT2D eigenvalue weighted by atomic mass is 10.2. The summed E-state index contributed by atoms with van der Waals surface area (Å²) in [6.07, 6.45) is 0.988. The summed E-state index contributed by atoms with van der Waals surface area (Å²) in [4.78, 5) is 2.27. The Morgan fingerprint density at radius 1 is 1.00 bits per heavy atom. The van der Waals surface area contributed by atoms with Gasteiger partial charge < -0.3 is 19.5 Å². The van der Waals surface area contributed by atoms with Crippen LogP contribution in [0.3, 0.4) is 0 Å². The van der Waals surface area contributed by atoms with E-state index in [1.165, 1.54) is 0 Å². The van der Waals surface area contributed by atoms with Gasteiger partial charge in [-0.25, -0.2) is 0 Å². The van der Waals surface area contributed by atoms with E-state index < -0.39 is 0 Å². The third-order valence-corrected chi connectivity index (χ3v) is 2.83. The second-order valence-corrected chi connectivity index (χ2v) is 4.15. The van der Waals surface area contributed by atoms with Gasteiger partial charge in [-0.1, -0.05) is 12.1 Å². The van der Waals surface area contributed by atoms with E-state index in [0.717, 1.165) is 37.4 Å². The van der Waals surface area contributed by atoms with Crippen molar-refractivity contribution < 1.29 is 14.6 Å². The van der Waals surface area contributed by atoms with E-state index in [4.69, 9.17) is 14.6 Å². The first-order valence-electron chi connectivity index (χ1n) is 6.24. The topological polar surface area (TPSA) is 41.9 Å². The van der Waals surface area contributed by atoms with Crippen LogP contribution in [0.2, 0.25) is 0 Å². The zero-order valence-corrected chi connectivity index (χ0v) is 11.3. The highest BCUT2D eigenvalue weighted by molar-refractivity contribution is 5.47. The van der Waals surface area contributed by atoms with Gasteiger partial charge in [0.05, 0.1) is 13.2 Å². The van der Waals surface area contributed by atoms with Crippen LogP contribution in [0, 0.1) is 0 Å². The third-order valence-electron chi connectivity index (χ3n) is 2.83. The smallest absolute Gasteiger partial charge is 0.0681 e. The highest BCUT2D eigenvalue weighted by atomic mass is 16.5. The van der Waals surface area contributed by atoms with Gasteiger partial charge in [0.1, 0.15) is 0 Å². The zero-order valence-electron chi connectivity index (χ0n) is 11.3. The van der Waals surface area contributed by atoms with Gasteiger partial charge >= 0.3 is 0 Å². The Labute approximate surface area is 109 Å². The van der Waals surface area contributed by atoms with Gasteiger partial charge in [-0.15, -0.1) is 0 Å². The number of aliphatic hydroxyl groups is 1. The third kappa shape index (κ3) is 5.04. The number of rotatable bonds is 9. The average molecular weight is 253 g/mol. The van der Waals surface area contributed by atoms with Gasteiger partial charge in [0, 0.05) is 39.6 Å². The van der Waals surface area contributed by atoms with Crippen molar-refractivity contribution in [2.24, 2.45) is 0 Å². The van der Waals surface area contributed by atoms with Gasteiger partial charge in [-0.3, -0.25) is 0 Å². The van der Waals surface area contributed by atoms with Crippen LogP contribution in [0.15, 0.2) is 24.3 Å². The number of aliphatic hydroxyl groups excluding tert-OH is 1. The first-order chi connectivity index (χ1) is 8.81.